The van der Waals surface area contributed by atoms with Gasteiger partial charge in [-0.1, -0.05) is 11.6 Å². The highest BCUT2D eigenvalue weighted by Crippen LogP contribution is 2.27. The molecule has 5 heteroatoms. The van der Waals surface area contributed by atoms with Crippen molar-refractivity contribution >= 4 is 23.3 Å². The van der Waals surface area contributed by atoms with E-state index in [1.807, 2.05) is 0 Å². The lowest BCUT2D eigenvalue weighted by atomic mass is 10.4. The monoisotopic (exact) mass is 184 g/mol. The zero-order chi connectivity index (χ0) is 8.55. The molecule has 0 radical (unpaired) electrons. The Morgan fingerprint density at radius 1 is 1.67 bits per heavy atom. The van der Waals surface area contributed by atoms with Gasteiger partial charge in [0.15, 0.2) is 18.2 Å². The minimum atomic E-state index is -0.197. The van der Waals surface area contributed by atoms with Gasteiger partial charge in [0.2, 0.25) is 0 Å². The van der Waals surface area contributed by atoms with E-state index >= 15 is 0 Å². The molecule has 0 spiro atoms. The van der Waals surface area contributed by atoms with Gasteiger partial charge in [0.05, 0.1) is 5.02 Å². The second-order valence-corrected chi connectivity index (χ2v) is 2.77. The van der Waals surface area contributed by atoms with Gasteiger partial charge >= 0.3 is 0 Å². The van der Waals surface area contributed by atoms with Crippen molar-refractivity contribution in [2.45, 2.75) is 0 Å². The first-order valence-corrected chi connectivity index (χ1v) is 3.72. The Bertz CT molecular complexity index is 340. The minimum Gasteiger partial charge on any atom is -0.480 e. The second kappa shape index (κ2) is 2.64. The number of ether oxygens (including phenoxy) is 1. The van der Waals surface area contributed by atoms with Gasteiger partial charge in [0, 0.05) is 12.3 Å². The third kappa shape index (κ3) is 1.21. The number of rotatable bonds is 0. The van der Waals surface area contributed by atoms with Crippen LogP contribution in [0.25, 0.3) is 0 Å². The van der Waals surface area contributed by atoms with Gasteiger partial charge in [-0.25, -0.2) is 4.98 Å². The number of aromatic nitrogens is 1. The van der Waals surface area contributed by atoms with Crippen LogP contribution in [0, 0.1) is 0 Å². The van der Waals surface area contributed by atoms with Gasteiger partial charge < -0.3 is 10.1 Å². The van der Waals surface area contributed by atoms with Crippen molar-refractivity contribution in [3.05, 3.63) is 17.3 Å². The largest absolute Gasteiger partial charge is 0.480 e. The number of carbonyl (C=O) groups excluding carboxylic acids is 1. The fraction of sp³-hybridized carbons (Fsp3) is 0.143. The average Bonchev–Trinajstić information content (AvgIpc) is 2.05. The summed E-state index contributed by atoms with van der Waals surface area (Å²) < 4.78 is 5.06. The molecule has 1 aliphatic heterocycles. The summed E-state index contributed by atoms with van der Waals surface area (Å²) in [5.74, 6) is 0.745. The maximum atomic E-state index is 10.8. The van der Waals surface area contributed by atoms with Crippen molar-refractivity contribution in [1.82, 2.24) is 4.98 Å². The first-order chi connectivity index (χ1) is 5.75. The maximum absolute atomic E-state index is 10.8. The topological polar surface area (TPSA) is 51.2 Å². The number of hydrogen-bond acceptors (Lipinski definition) is 3. The number of halogens is 1. The normalized spacial score (nSPS) is 14.6. The van der Waals surface area contributed by atoms with Crippen molar-refractivity contribution in [1.29, 1.82) is 0 Å². The van der Waals surface area contributed by atoms with Crippen molar-refractivity contribution in [2.75, 3.05) is 11.9 Å². The van der Waals surface area contributed by atoms with Gasteiger partial charge in [-0.2, -0.15) is 0 Å². The van der Waals surface area contributed by atoms with Crippen molar-refractivity contribution in [3.8, 4) is 5.75 Å². The highest BCUT2D eigenvalue weighted by atomic mass is 35.5. The molecule has 0 aromatic carbocycles. The van der Waals surface area contributed by atoms with E-state index in [0.717, 1.165) is 0 Å². The van der Waals surface area contributed by atoms with Crippen molar-refractivity contribution in [3.63, 3.8) is 0 Å². The van der Waals surface area contributed by atoms with Crippen LogP contribution in [0.2, 0.25) is 5.02 Å². The molecule has 0 aliphatic carbocycles. The molecule has 0 saturated heterocycles. The molecule has 12 heavy (non-hydrogen) atoms. The summed E-state index contributed by atoms with van der Waals surface area (Å²) in [6.45, 7) is 0.0228. The molecule has 4 nitrogen and oxygen atoms in total. The van der Waals surface area contributed by atoms with E-state index in [-0.39, 0.29) is 12.5 Å². The van der Waals surface area contributed by atoms with E-state index in [1.165, 1.54) is 6.20 Å². The lowest BCUT2D eigenvalue weighted by molar-refractivity contribution is -0.118. The molecule has 2 heterocycles. The Balaban J connectivity index is 2.43. The Morgan fingerprint density at radius 2 is 2.50 bits per heavy atom. The summed E-state index contributed by atoms with van der Waals surface area (Å²) in [6, 6.07) is 1.61. The van der Waals surface area contributed by atoms with Gasteiger partial charge in [-0.15, -0.1) is 0 Å². The number of amides is 1. The van der Waals surface area contributed by atoms with E-state index in [4.69, 9.17) is 16.3 Å². The van der Waals surface area contributed by atoms with Gasteiger partial charge in [0.25, 0.3) is 5.91 Å². The molecule has 1 N–H and O–H groups in total. The van der Waals surface area contributed by atoms with Crippen LogP contribution in [0.5, 0.6) is 5.75 Å². The van der Waals surface area contributed by atoms with Crippen LogP contribution in [0.4, 0.5) is 5.82 Å². The zero-order valence-corrected chi connectivity index (χ0v) is 6.76. The second-order valence-electron chi connectivity index (χ2n) is 2.34. The molecule has 62 valence electrons. The number of fused-ring (bicyclic) bond motifs is 1. The molecule has 2 rings (SSSR count). The third-order valence-electron chi connectivity index (χ3n) is 1.44. The molecule has 0 bridgehead atoms. The Labute approximate surface area is 73.5 Å². The van der Waals surface area contributed by atoms with Gasteiger partial charge in [-0.05, 0) is 0 Å². The molecule has 0 fully saturated rings. The van der Waals surface area contributed by atoms with Crippen LogP contribution in [-0.2, 0) is 4.79 Å². The standard InChI is InChI=1S/C7H5ClN2O2/c8-4-1-5-7(9-2-4)10-6(11)3-12-5/h1-2H,3H2,(H,9,10,11). The summed E-state index contributed by atoms with van der Waals surface area (Å²) in [5, 5.41) is 3.04. The summed E-state index contributed by atoms with van der Waals surface area (Å²) in [6.07, 6.45) is 1.45. The van der Waals surface area contributed by atoms with Gasteiger partial charge in [0.1, 0.15) is 0 Å². The quantitative estimate of drug-likeness (QED) is 0.656. The van der Waals surface area contributed by atoms with Gasteiger partial charge in [-0.3, -0.25) is 4.79 Å². The maximum Gasteiger partial charge on any atom is 0.263 e. The summed E-state index contributed by atoms with van der Waals surface area (Å²) in [7, 11) is 0. The predicted octanol–water partition coefficient (Wildman–Crippen LogP) is 1.07. The first kappa shape index (κ1) is 7.36. The van der Waals surface area contributed by atoms with Crippen LogP contribution >= 0.6 is 11.6 Å². The average molecular weight is 185 g/mol. The summed E-state index contributed by atoms with van der Waals surface area (Å²) >= 11 is 5.66. The zero-order valence-electron chi connectivity index (χ0n) is 6.00. The van der Waals surface area contributed by atoms with E-state index in [1.54, 1.807) is 6.07 Å². The predicted molar refractivity (Wildman–Crippen MR) is 43.4 cm³/mol. The number of hydrogen-bond donors (Lipinski definition) is 1. The highest BCUT2D eigenvalue weighted by molar-refractivity contribution is 6.30. The van der Waals surface area contributed by atoms with Crippen molar-refractivity contribution in [2.24, 2.45) is 0 Å². The number of nitrogens with zero attached hydrogens (tertiary/aromatic N) is 1. The minimum absolute atomic E-state index is 0.0228. The third-order valence-corrected chi connectivity index (χ3v) is 1.64. The number of pyridine rings is 1. The lowest BCUT2D eigenvalue weighted by Crippen LogP contribution is -2.26. The fourth-order valence-corrected chi connectivity index (χ4v) is 1.08. The highest BCUT2D eigenvalue weighted by Gasteiger charge is 2.16. The van der Waals surface area contributed by atoms with E-state index < -0.39 is 0 Å². The molecule has 1 aliphatic rings. The van der Waals surface area contributed by atoms with Crippen molar-refractivity contribution < 1.29 is 9.53 Å². The molecular weight excluding hydrogens is 180 g/mol. The summed E-state index contributed by atoms with van der Waals surface area (Å²) in [5.41, 5.74) is 0. The Morgan fingerprint density at radius 3 is 3.33 bits per heavy atom. The van der Waals surface area contributed by atoms with Crippen LogP contribution < -0.4 is 10.1 Å². The Hall–Kier alpha value is -1.29. The lowest BCUT2D eigenvalue weighted by Gasteiger charge is -2.16. The SMILES string of the molecule is O=C1COc2cc(Cl)cnc2N1. The molecular formula is C7H5ClN2O2. The van der Waals surface area contributed by atoms with E-state index in [0.29, 0.717) is 16.6 Å². The molecule has 1 aromatic rings. The Kier molecular flexibility index (Phi) is 1.62. The smallest absolute Gasteiger partial charge is 0.263 e. The van der Waals surface area contributed by atoms with E-state index in [9.17, 15) is 4.79 Å². The van der Waals surface area contributed by atoms with Crippen LogP contribution in [0.15, 0.2) is 12.3 Å². The fourth-order valence-electron chi connectivity index (χ4n) is 0.936. The first-order valence-electron chi connectivity index (χ1n) is 3.34. The number of nitrogens with one attached hydrogen (secondary N) is 1. The van der Waals surface area contributed by atoms with Crippen LogP contribution in [-0.4, -0.2) is 17.5 Å². The number of anilines is 1. The van der Waals surface area contributed by atoms with Crippen LogP contribution in [0.3, 0.4) is 0 Å². The number of carbonyl (C=O) groups is 1. The van der Waals surface area contributed by atoms with E-state index in [2.05, 4.69) is 10.3 Å². The molecule has 0 saturated carbocycles. The molecule has 1 amide bonds. The molecule has 0 atom stereocenters. The molecule has 1 aromatic heterocycles. The summed E-state index contributed by atoms with van der Waals surface area (Å²) in [4.78, 5) is 14.7. The molecule has 0 unspecified atom stereocenters. The van der Waals surface area contributed by atoms with Crippen LogP contribution in [0.1, 0.15) is 0 Å².